The topological polar surface area (TPSA) is 75.3 Å². The monoisotopic (exact) mass is 342 g/mol. The summed E-state index contributed by atoms with van der Waals surface area (Å²) in [6.45, 7) is 9.74. The van der Waals surface area contributed by atoms with E-state index in [1.807, 2.05) is 20.8 Å². The van der Waals surface area contributed by atoms with E-state index in [1.54, 1.807) is 13.1 Å². The minimum Gasteiger partial charge on any atom is -0.316 e. The second kappa shape index (κ2) is 6.20. The fourth-order valence-corrected chi connectivity index (χ4v) is 5.90. The van der Waals surface area contributed by atoms with Crippen molar-refractivity contribution >= 4 is 15.9 Å². The maximum atomic E-state index is 12.8. The third-order valence-electron chi connectivity index (χ3n) is 5.75. The molecule has 0 aromatic carbocycles. The summed E-state index contributed by atoms with van der Waals surface area (Å²) in [5.41, 5.74) is -0.966. The van der Waals surface area contributed by atoms with Crippen molar-refractivity contribution in [3.63, 3.8) is 0 Å². The van der Waals surface area contributed by atoms with Crippen LogP contribution in [0.3, 0.4) is 0 Å². The molecule has 132 valence electrons. The number of hydrogen-bond acceptors (Lipinski definition) is 4. The lowest BCUT2D eigenvalue weighted by Crippen LogP contribution is -2.52. The minimum absolute atomic E-state index is 0.0455. The van der Waals surface area contributed by atoms with Crippen molar-refractivity contribution in [2.75, 3.05) is 7.05 Å². The molecule has 2 rings (SSSR count). The van der Waals surface area contributed by atoms with Gasteiger partial charge in [0.15, 0.2) is 0 Å². The molecule has 0 bridgehead atoms. The lowest BCUT2D eigenvalue weighted by molar-refractivity contribution is -0.128. The number of allylic oxidation sites excluding steroid dienone is 1. The number of amides is 1. The average Bonchev–Trinajstić information content (AvgIpc) is 3.22. The Kier molecular flexibility index (Phi) is 4.98. The maximum Gasteiger partial charge on any atom is 0.240 e. The fraction of sp³-hybridized carbons (Fsp3) is 0.824. The van der Waals surface area contributed by atoms with Crippen LogP contribution >= 0.6 is 0 Å². The van der Waals surface area contributed by atoms with Crippen molar-refractivity contribution in [3.05, 3.63) is 12.7 Å². The van der Waals surface area contributed by atoms with Crippen molar-refractivity contribution in [1.82, 2.24) is 10.0 Å². The van der Waals surface area contributed by atoms with Crippen molar-refractivity contribution in [1.29, 1.82) is 0 Å². The summed E-state index contributed by atoms with van der Waals surface area (Å²) >= 11 is 0. The van der Waals surface area contributed by atoms with E-state index >= 15 is 0 Å². The van der Waals surface area contributed by atoms with Crippen LogP contribution in [0.2, 0.25) is 0 Å². The fourth-order valence-electron chi connectivity index (χ4n) is 4.13. The number of carbonyl (C=O) groups is 1. The van der Waals surface area contributed by atoms with Gasteiger partial charge in [0.05, 0.1) is 10.7 Å². The highest BCUT2D eigenvalue weighted by Crippen LogP contribution is 2.64. The molecule has 2 aliphatic carbocycles. The molecule has 4 atom stereocenters. The number of carbonyl (C=O) groups excluding carboxylic acids is 1. The van der Waals surface area contributed by atoms with Crippen molar-refractivity contribution in [2.45, 2.75) is 64.2 Å². The van der Waals surface area contributed by atoms with Crippen LogP contribution in [0.25, 0.3) is 0 Å². The molecular weight excluding hydrogens is 312 g/mol. The Morgan fingerprint density at radius 1 is 1.26 bits per heavy atom. The first-order chi connectivity index (χ1) is 10.6. The molecule has 0 spiro atoms. The van der Waals surface area contributed by atoms with Crippen molar-refractivity contribution in [2.24, 2.45) is 16.7 Å². The molecule has 0 radical (unpaired) electrons. The summed E-state index contributed by atoms with van der Waals surface area (Å²) in [7, 11) is -1.89. The molecule has 2 aliphatic rings. The SMILES string of the molecule is C=C[C@@H]1C[C@@]1(C(=O)NS(=O)(=O)C1CCCCC1NC)C(C)(C)C. The Hall–Kier alpha value is -0.880. The molecule has 1 amide bonds. The Labute approximate surface area is 140 Å². The third kappa shape index (κ3) is 3.20. The van der Waals surface area contributed by atoms with E-state index < -0.39 is 20.7 Å². The molecule has 23 heavy (non-hydrogen) atoms. The van der Waals surface area contributed by atoms with Gasteiger partial charge in [0.1, 0.15) is 0 Å². The predicted octanol–water partition coefficient (Wildman–Crippen LogP) is 2.20. The van der Waals surface area contributed by atoms with Gasteiger partial charge in [0.2, 0.25) is 15.9 Å². The first-order valence-corrected chi connectivity index (χ1v) is 10.0. The number of hydrogen-bond donors (Lipinski definition) is 2. The molecule has 6 heteroatoms. The number of sulfonamides is 1. The van der Waals surface area contributed by atoms with Gasteiger partial charge in [0, 0.05) is 6.04 Å². The van der Waals surface area contributed by atoms with Gasteiger partial charge in [-0.3, -0.25) is 9.52 Å². The van der Waals surface area contributed by atoms with Crippen LogP contribution in [-0.4, -0.2) is 32.7 Å². The molecule has 0 aromatic rings. The van der Waals surface area contributed by atoms with Crippen LogP contribution in [0.15, 0.2) is 12.7 Å². The number of nitrogens with one attached hydrogen (secondary N) is 2. The summed E-state index contributed by atoms with van der Waals surface area (Å²) in [6, 6.07) is -0.0889. The highest BCUT2D eigenvalue weighted by molar-refractivity contribution is 7.90. The molecule has 0 aromatic heterocycles. The second-order valence-electron chi connectivity index (χ2n) is 7.96. The largest absolute Gasteiger partial charge is 0.316 e. The first kappa shape index (κ1) is 18.5. The normalized spacial score (nSPS) is 34.7. The van der Waals surface area contributed by atoms with Crippen LogP contribution in [0, 0.1) is 16.7 Å². The standard InChI is InChI=1S/C17H30N2O3S/c1-6-12-11-17(12,16(2,3)4)15(20)19-23(21,22)14-10-8-7-9-13(14)18-5/h6,12-14,18H,1,7-11H2,2-5H3,(H,19,20)/t12-,13?,14?,17-/m1/s1. The minimum atomic E-state index is -3.68. The quantitative estimate of drug-likeness (QED) is 0.751. The van der Waals surface area contributed by atoms with Crippen LogP contribution in [-0.2, 0) is 14.8 Å². The first-order valence-electron chi connectivity index (χ1n) is 8.46. The summed E-state index contributed by atoms with van der Waals surface area (Å²) in [5, 5.41) is 2.55. The Morgan fingerprint density at radius 2 is 1.87 bits per heavy atom. The zero-order valence-corrected chi connectivity index (χ0v) is 15.5. The van der Waals surface area contributed by atoms with E-state index in [1.165, 1.54) is 0 Å². The molecule has 0 heterocycles. The van der Waals surface area contributed by atoms with E-state index in [0.717, 1.165) is 19.3 Å². The maximum absolute atomic E-state index is 12.8. The number of rotatable bonds is 5. The Morgan fingerprint density at radius 3 is 2.35 bits per heavy atom. The predicted molar refractivity (Wildman–Crippen MR) is 92.4 cm³/mol. The summed E-state index contributed by atoms with van der Waals surface area (Å²) in [6.07, 6.45) is 5.78. The highest BCUT2D eigenvalue weighted by Gasteiger charge is 2.65. The van der Waals surface area contributed by atoms with Crippen LogP contribution in [0.4, 0.5) is 0 Å². The molecule has 2 saturated carbocycles. The van der Waals surface area contributed by atoms with E-state index in [0.29, 0.717) is 12.8 Å². The smallest absolute Gasteiger partial charge is 0.240 e. The van der Waals surface area contributed by atoms with Gasteiger partial charge in [-0.05, 0) is 37.6 Å². The van der Waals surface area contributed by atoms with Gasteiger partial charge >= 0.3 is 0 Å². The average molecular weight is 343 g/mol. The summed E-state index contributed by atoms with van der Waals surface area (Å²) in [5.74, 6) is -0.320. The van der Waals surface area contributed by atoms with Gasteiger partial charge in [-0.2, -0.15) is 0 Å². The Balaban J connectivity index is 2.20. The van der Waals surface area contributed by atoms with Gasteiger partial charge < -0.3 is 5.32 Å². The van der Waals surface area contributed by atoms with Gasteiger partial charge in [-0.25, -0.2) is 8.42 Å². The lowest BCUT2D eigenvalue weighted by atomic mass is 9.75. The van der Waals surface area contributed by atoms with E-state index in [4.69, 9.17) is 0 Å². The van der Waals surface area contributed by atoms with Crippen LogP contribution < -0.4 is 10.0 Å². The highest BCUT2D eigenvalue weighted by atomic mass is 32.2. The molecule has 5 nitrogen and oxygen atoms in total. The van der Waals surface area contributed by atoms with E-state index in [-0.39, 0.29) is 23.3 Å². The second-order valence-corrected chi connectivity index (χ2v) is 9.86. The van der Waals surface area contributed by atoms with Crippen molar-refractivity contribution in [3.8, 4) is 0 Å². The molecule has 0 saturated heterocycles. The molecule has 0 aliphatic heterocycles. The van der Waals surface area contributed by atoms with Gasteiger partial charge in [-0.15, -0.1) is 6.58 Å². The Bertz CT molecular complexity index is 579. The van der Waals surface area contributed by atoms with Gasteiger partial charge in [-0.1, -0.05) is 39.7 Å². The van der Waals surface area contributed by atoms with E-state index in [9.17, 15) is 13.2 Å². The third-order valence-corrected chi connectivity index (χ3v) is 7.58. The van der Waals surface area contributed by atoms with E-state index in [2.05, 4.69) is 16.6 Å². The zero-order chi connectivity index (χ0) is 17.5. The summed E-state index contributed by atoms with van der Waals surface area (Å²) in [4.78, 5) is 12.8. The van der Waals surface area contributed by atoms with Gasteiger partial charge in [0.25, 0.3) is 0 Å². The summed E-state index contributed by atoms with van der Waals surface area (Å²) < 4.78 is 27.9. The zero-order valence-electron chi connectivity index (χ0n) is 14.7. The molecule has 2 fully saturated rings. The molecular formula is C17H30N2O3S. The molecule has 2 unspecified atom stereocenters. The van der Waals surface area contributed by atoms with Crippen molar-refractivity contribution < 1.29 is 13.2 Å². The lowest BCUT2D eigenvalue weighted by Gasteiger charge is -2.34. The molecule has 2 N–H and O–H groups in total. The van der Waals surface area contributed by atoms with Crippen LogP contribution in [0.1, 0.15) is 52.9 Å². The van der Waals surface area contributed by atoms with Crippen LogP contribution in [0.5, 0.6) is 0 Å².